The summed E-state index contributed by atoms with van der Waals surface area (Å²) in [5, 5.41) is 8.06. The van der Waals surface area contributed by atoms with Gasteiger partial charge in [0.05, 0.1) is 17.8 Å². The number of rotatable bonds is 3. The summed E-state index contributed by atoms with van der Waals surface area (Å²) in [4.78, 5) is 14.7. The minimum Gasteiger partial charge on any atom is -0.471 e. The fourth-order valence-electron chi connectivity index (χ4n) is 3.19. The summed E-state index contributed by atoms with van der Waals surface area (Å²) >= 11 is 0. The van der Waals surface area contributed by atoms with Crippen molar-refractivity contribution in [3.05, 3.63) is 60.0 Å². The monoisotopic (exact) mass is 336 g/mol. The number of aryl methyl sites for hydroxylation is 1. The molecular formula is C19H20N4O2. The Bertz CT molecular complexity index is 855. The predicted molar refractivity (Wildman–Crippen MR) is 93.7 cm³/mol. The van der Waals surface area contributed by atoms with E-state index in [2.05, 4.69) is 10.2 Å². The third kappa shape index (κ3) is 3.33. The van der Waals surface area contributed by atoms with E-state index >= 15 is 0 Å². The molecule has 6 nitrogen and oxygen atoms in total. The Balaban J connectivity index is 1.46. The zero-order chi connectivity index (χ0) is 17.2. The molecule has 0 aliphatic carbocycles. The molecule has 0 aromatic carbocycles. The van der Waals surface area contributed by atoms with Gasteiger partial charge in [0.2, 0.25) is 5.88 Å². The summed E-state index contributed by atoms with van der Waals surface area (Å²) in [5.41, 5.74) is 2.58. The van der Waals surface area contributed by atoms with Gasteiger partial charge in [-0.2, -0.15) is 5.10 Å². The van der Waals surface area contributed by atoms with Gasteiger partial charge in [-0.05, 0) is 44.0 Å². The molecule has 0 N–H and O–H groups in total. The molecule has 0 spiro atoms. The summed E-state index contributed by atoms with van der Waals surface area (Å²) in [6.07, 6.45) is 5.62. The van der Waals surface area contributed by atoms with Crippen LogP contribution in [0.15, 0.2) is 48.8 Å². The van der Waals surface area contributed by atoms with Crippen molar-refractivity contribution in [3.8, 4) is 5.88 Å². The molecule has 6 heteroatoms. The highest BCUT2D eigenvalue weighted by atomic mass is 16.5. The highest BCUT2D eigenvalue weighted by Crippen LogP contribution is 2.19. The number of ether oxygens (including phenoxy) is 1. The molecule has 1 fully saturated rings. The highest BCUT2D eigenvalue weighted by molar-refractivity contribution is 5.95. The van der Waals surface area contributed by atoms with E-state index in [4.69, 9.17) is 4.74 Å². The molecule has 1 aliphatic heterocycles. The van der Waals surface area contributed by atoms with Crippen LogP contribution in [0, 0.1) is 6.92 Å². The lowest BCUT2D eigenvalue weighted by molar-refractivity contribution is 0.0525. The maximum atomic E-state index is 12.8. The summed E-state index contributed by atoms with van der Waals surface area (Å²) in [7, 11) is 0. The number of pyridine rings is 1. The van der Waals surface area contributed by atoms with E-state index in [1.165, 1.54) is 0 Å². The third-order valence-corrected chi connectivity index (χ3v) is 4.48. The molecular weight excluding hydrogens is 316 g/mol. The quantitative estimate of drug-likeness (QED) is 0.738. The first kappa shape index (κ1) is 15.6. The Hall–Kier alpha value is -2.89. The molecule has 1 aliphatic rings. The van der Waals surface area contributed by atoms with Gasteiger partial charge in [-0.15, -0.1) is 5.10 Å². The molecule has 3 aromatic rings. The average molecular weight is 336 g/mol. The lowest BCUT2D eigenvalue weighted by Crippen LogP contribution is -2.44. The van der Waals surface area contributed by atoms with Crippen LogP contribution in [0.3, 0.4) is 0 Å². The largest absolute Gasteiger partial charge is 0.471 e. The van der Waals surface area contributed by atoms with Gasteiger partial charge >= 0.3 is 0 Å². The van der Waals surface area contributed by atoms with E-state index in [-0.39, 0.29) is 12.0 Å². The van der Waals surface area contributed by atoms with Gasteiger partial charge in [-0.1, -0.05) is 6.07 Å². The highest BCUT2D eigenvalue weighted by Gasteiger charge is 2.26. The first-order valence-electron chi connectivity index (χ1n) is 8.52. The molecule has 1 atom stereocenters. The van der Waals surface area contributed by atoms with Gasteiger partial charge in [0.1, 0.15) is 6.10 Å². The molecule has 0 radical (unpaired) electrons. The molecule has 1 amide bonds. The topological polar surface area (TPSA) is 59.7 Å². The molecule has 4 heterocycles. The molecule has 128 valence electrons. The van der Waals surface area contributed by atoms with Crippen molar-refractivity contribution in [2.75, 3.05) is 13.1 Å². The summed E-state index contributed by atoms with van der Waals surface area (Å²) in [6.45, 7) is 3.21. The molecule has 3 aromatic heterocycles. The van der Waals surface area contributed by atoms with Crippen LogP contribution in [-0.2, 0) is 0 Å². The SMILES string of the molecule is Cc1ccc(O[C@@H]2CCCN(C(=O)c3cc4ccccn4c3)C2)nn1. The van der Waals surface area contributed by atoms with Crippen molar-refractivity contribution in [1.82, 2.24) is 19.5 Å². The number of fused-ring (bicyclic) bond motifs is 1. The van der Waals surface area contributed by atoms with Crippen LogP contribution in [0.1, 0.15) is 28.9 Å². The number of hydrogen-bond acceptors (Lipinski definition) is 4. The van der Waals surface area contributed by atoms with Crippen LogP contribution >= 0.6 is 0 Å². The maximum Gasteiger partial charge on any atom is 0.255 e. The Kier molecular flexibility index (Phi) is 4.09. The normalized spacial score (nSPS) is 17.6. The molecule has 4 rings (SSSR count). The minimum absolute atomic E-state index is 0.0481. The second-order valence-corrected chi connectivity index (χ2v) is 6.41. The van der Waals surface area contributed by atoms with Gasteiger partial charge in [0.25, 0.3) is 5.91 Å². The van der Waals surface area contributed by atoms with Gasteiger partial charge in [-0.3, -0.25) is 4.79 Å². The van der Waals surface area contributed by atoms with E-state index in [0.29, 0.717) is 18.0 Å². The lowest BCUT2D eigenvalue weighted by atomic mass is 10.1. The lowest BCUT2D eigenvalue weighted by Gasteiger charge is -2.32. The van der Waals surface area contributed by atoms with E-state index < -0.39 is 0 Å². The second kappa shape index (κ2) is 6.55. The van der Waals surface area contributed by atoms with Crippen LogP contribution in [0.25, 0.3) is 5.52 Å². The number of carbonyl (C=O) groups excluding carboxylic acids is 1. The van der Waals surface area contributed by atoms with Gasteiger partial charge in [0, 0.05) is 30.5 Å². The van der Waals surface area contributed by atoms with E-state index in [9.17, 15) is 4.79 Å². The number of carbonyl (C=O) groups is 1. The third-order valence-electron chi connectivity index (χ3n) is 4.48. The van der Waals surface area contributed by atoms with Crippen LogP contribution in [-0.4, -0.2) is 44.6 Å². The molecule has 0 unspecified atom stereocenters. The Morgan fingerprint density at radius 3 is 2.96 bits per heavy atom. The van der Waals surface area contributed by atoms with Crippen molar-refractivity contribution < 1.29 is 9.53 Å². The number of hydrogen-bond donors (Lipinski definition) is 0. The second-order valence-electron chi connectivity index (χ2n) is 6.41. The first-order chi connectivity index (χ1) is 12.2. The summed E-state index contributed by atoms with van der Waals surface area (Å²) < 4.78 is 7.88. The maximum absolute atomic E-state index is 12.8. The van der Waals surface area contributed by atoms with Gasteiger partial charge in [-0.25, -0.2) is 0 Å². The molecule has 1 saturated heterocycles. The van der Waals surface area contributed by atoms with Crippen LogP contribution in [0.4, 0.5) is 0 Å². The van der Waals surface area contributed by atoms with Crippen molar-refractivity contribution in [1.29, 1.82) is 0 Å². The fourth-order valence-corrected chi connectivity index (χ4v) is 3.19. The Morgan fingerprint density at radius 2 is 2.16 bits per heavy atom. The number of nitrogens with zero attached hydrogens (tertiary/aromatic N) is 4. The summed E-state index contributed by atoms with van der Waals surface area (Å²) in [5.74, 6) is 0.562. The predicted octanol–water partition coefficient (Wildman–Crippen LogP) is 2.72. The number of piperidine rings is 1. The number of amides is 1. The van der Waals surface area contributed by atoms with Crippen molar-refractivity contribution in [2.45, 2.75) is 25.9 Å². The van der Waals surface area contributed by atoms with Crippen LogP contribution in [0.2, 0.25) is 0 Å². The van der Waals surface area contributed by atoms with E-state index in [1.807, 2.05) is 65.0 Å². The van der Waals surface area contributed by atoms with Crippen LogP contribution in [0.5, 0.6) is 5.88 Å². The van der Waals surface area contributed by atoms with Crippen molar-refractivity contribution in [2.24, 2.45) is 0 Å². The zero-order valence-corrected chi connectivity index (χ0v) is 14.1. The smallest absolute Gasteiger partial charge is 0.255 e. The number of likely N-dealkylation sites (tertiary alicyclic amines) is 1. The summed E-state index contributed by atoms with van der Waals surface area (Å²) in [6, 6.07) is 11.5. The van der Waals surface area contributed by atoms with E-state index in [0.717, 1.165) is 30.6 Å². The minimum atomic E-state index is -0.0493. The Morgan fingerprint density at radius 1 is 1.24 bits per heavy atom. The van der Waals surface area contributed by atoms with Crippen molar-refractivity contribution >= 4 is 11.4 Å². The standard InChI is InChI=1S/C19H20N4O2/c1-14-7-8-18(21-20-14)25-17-6-4-10-23(13-17)19(24)15-11-16-5-2-3-9-22(16)12-15/h2-3,5,7-9,11-12,17H,4,6,10,13H2,1H3/t17-/m1/s1. The van der Waals surface area contributed by atoms with Gasteiger partial charge in [0.15, 0.2) is 0 Å². The molecule has 25 heavy (non-hydrogen) atoms. The fraction of sp³-hybridized carbons (Fsp3) is 0.316. The molecule has 0 saturated carbocycles. The van der Waals surface area contributed by atoms with Crippen molar-refractivity contribution in [3.63, 3.8) is 0 Å². The number of aromatic nitrogens is 3. The zero-order valence-electron chi connectivity index (χ0n) is 14.1. The average Bonchev–Trinajstić information content (AvgIpc) is 3.07. The first-order valence-corrected chi connectivity index (χ1v) is 8.52. The van der Waals surface area contributed by atoms with E-state index in [1.54, 1.807) is 0 Å². The Labute approximate surface area is 146 Å². The van der Waals surface area contributed by atoms with Crippen LogP contribution < -0.4 is 4.74 Å². The van der Waals surface area contributed by atoms with Gasteiger partial charge < -0.3 is 14.0 Å². The molecule has 0 bridgehead atoms.